The lowest BCUT2D eigenvalue weighted by atomic mass is 10.1. The number of fused-ring (bicyclic) bond motifs is 1. The number of nitrogens with zero attached hydrogens (tertiary/aromatic N) is 2. The molecule has 0 aliphatic carbocycles. The van der Waals surface area contributed by atoms with Crippen LogP contribution in [-0.2, 0) is 13.0 Å². The maximum Gasteiger partial charge on any atom is 0.132 e. The van der Waals surface area contributed by atoms with Crippen LogP contribution in [0.3, 0.4) is 0 Å². The SMILES string of the molecule is C=C(/C=C\C)NCc1nccn1/C=C(\NC)c1ccc2c(c1)CCO2. The zero-order valence-electron chi connectivity index (χ0n) is 14.7. The summed E-state index contributed by atoms with van der Waals surface area (Å²) in [5.41, 5.74) is 4.29. The third kappa shape index (κ3) is 3.94. The Labute approximate surface area is 148 Å². The number of hydrogen-bond acceptors (Lipinski definition) is 4. The summed E-state index contributed by atoms with van der Waals surface area (Å²) in [7, 11) is 1.93. The topological polar surface area (TPSA) is 51.1 Å². The Bertz CT molecular complexity index is 817. The van der Waals surface area contributed by atoms with E-state index >= 15 is 0 Å². The minimum atomic E-state index is 0.613. The smallest absolute Gasteiger partial charge is 0.132 e. The molecule has 130 valence electrons. The number of ether oxygens (including phenoxy) is 1. The maximum absolute atomic E-state index is 5.59. The van der Waals surface area contributed by atoms with Crippen molar-refractivity contribution in [2.75, 3.05) is 13.7 Å². The van der Waals surface area contributed by atoms with Crippen molar-refractivity contribution in [2.24, 2.45) is 0 Å². The number of allylic oxidation sites excluding steroid dienone is 2. The van der Waals surface area contributed by atoms with Gasteiger partial charge < -0.3 is 19.9 Å². The zero-order valence-corrected chi connectivity index (χ0v) is 14.7. The summed E-state index contributed by atoms with van der Waals surface area (Å²) in [5, 5.41) is 6.54. The largest absolute Gasteiger partial charge is 0.493 e. The van der Waals surface area contributed by atoms with Crippen molar-refractivity contribution in [3.05, 3.63) is 72.0 Å². The summed E-state index contributed by atoms with van der Waals surface area (Å²) in [6.45, 7) is 7.31. The van der Waals surface area contributed by atoms with Gasteiger partial charge in [-0.15, -0.1) is 0 Å². The van der Waals surface area contributed by atoms with Gasteiger partial charge in [0.05, 0.1) is 18.8 Å². The molecule has 1 aliphatic heterocycles. The van der Waals surface area contributed by atoms with Crippen molar-refractivity contribution in [2.45, 2.75) is 19.9 Å². The quantitative estimate of drug-likeness (QED) is 0.763. The molecule has 0 bridgehead atoms. The summed E-state index contributed by atoms with van der Waals surface area (Å²) in [4.78, 5) is 4.43. The van der Waals surface area contributed by atoms with E-state index in [4.69, 9.17) is 4.74 Å². The average Bonchev–Trinajstić information content (AvgIpc) is 3.26. The van der Waals surface area contributed by atoms with Crippen molar-refractivity contribution >= 4 is 11.9 Å². The summed E-state index contributed by atoms with van der Waals surface area (Å²) in [6.07, 6.45) is 10.7. The number of hydrogen-bond donors (Lipinski definition) is 2. The molecule has 0 saturated heterocycles. The van der Waals surface area contributed by atoms with E-state index in [0.717, 1.165) is 41.6 Å². The highest BCUT2D eigenvalue weighted by Gasteiger charge is 2.13. The molecular formula is C20H24N4O. The number of benzene rings is 1. The van der Waals surface area contributed by atoms with Crippen LogP contribution in [0.5, 0.6) is 5.75 Å². The van der Waals surface area contributed by atoms with Gasteiger partial charge in [-0.05, 0) is 42.3 Å². The highest BCUT2D eigenvalue weighted by molar-refractivity contribution is 5.75. The highest BCUT2D eigenvalue weighted by atomic mass is 16.5. The molecule has 0 atom stereocenters. The third-order valence-electron chi connectivity index (χ3n) is 4.13. The molecule has 1 aromatic carbocycles. The van der Waals surface area contributed by atoms with Crippen LogP contribution in [0.4, 0.5) is 0 Å². The van der Waals surface area contributed by atoms with Gasteiger partial charge in [0.25, 0.3) is 0 Å². The van der Waals surface area contributed by atoms with Crippen LogP contribution >= 0.6 is 0 Å². The Morgan fingerprint density at radius 3 is 3.12 bits per heavy atom. The van der Waals surface area contributed by atoms with E-state index in [2.05, 4.69) is 40.5 Å². The summed E-state index contributed by atoms with van der Waals surface area (Å²) >= 11 is 0. The number of nitrogens with one attached hydrogen (secondary N) is 2. The van der Waals surface area contributed by atoms with E-state index in [1.54, 1.807) is 6.20 Å². The Morgan fingerprint density at radius 2 is 2.32 bits per heavy atom. The molecule has 1 aromatic heterocycles. The van der Waals surface area contributed by atoms with E-state index in [0.29, 0.717) is 6.54 Å². The molecule has 0 fully saturated rings. The van der Waals surface area contributed by atoms with E-state index in [1.807, 2.05) is 43.0 Å². The Hall–Kier alpha value is -2.95. The van der Waals surface area contributed by atoms with Crippen LogP contribution in [0.25, 0.3) is 11.9 Å². The van der Waals surface area contributed by atoms with Crippen molar-refractivity contribution in [1.29, 1.82) is 0 Å². The fraction of sp³-hybridized carbons (Fsp3) is 0.250. The number of rotatable bonds is 7. The second-order valence-corrected chi connectivity index (χ2v) is 5.84. The van der Waals surface area contributed by atoms with Crippen molar-refractivity contribution in [3.63, 3.8) is 0 Å². The Kier molecular flexibility index (Phi) is 5.23. The van der Waals surface area contributed by atoms with Gasteiger partial charge in [0.1, 0.15) is 11.6 Å². The first-order chi connectivity index (χ1) is 12.2. The lowest BCUT2D eigenvalue weighted by Gasteiger charge is -2.11. The van der Waals surface area contributed by atoms with E-state index in [9.17, 15) is 0 Å². The minimum Gasteiger partial charge on any atom is -0.493 e. The molecule has 0 amide bonds. The van der Waals surface area contributed by atoms with Gasteiger partial charge in [0.15, 0.2) is 0 Å². The Balaban J connectivity index is 1.81. The van der Waals surface area contributed by atoms with Crippen molar-refractivity contribution < 1.29 is 4.74 Å². The predicted octanol–water partition coefficient (Wildman–Crippen LogP) is 3.17. The van der Waals surface area contributed by atoms with Gasteiger partial charge in [0.2, 0.25) is 0 Å². The van der Waals surface area contributed by atoms with E-state index in [-0.39, 0.29) is 0 Å². The molecule has 2 N–H and O–H groups in total. The van der Waals surface area contributed by atoms with Gasteiger partial charge in [-0.25, -0.2) is 4.98 Å². The van der Waals surface area contributed by atoms with Gasteiger partial charge in [0, 0.05) is 37.8 Å². The lowest BCUT2D eigenvalue weighted by molar-refractivity contribution is 0.357. The molecule has 0 spiro atoms. The van der Waals surface area contributed by atoms with E-state index in [1.165, 1.54) is 5.56 Å². The molecule has 3 rings (SSSR count). The zero-order chi connectivity index (χ0) is 17.6. The third-order valence-corrected chi connectivity index (χ3v) is 4.13. The lowest BCUT2D eigenvalue weighted by Crippen LogP contribution is -2.14. The van der Waals surface area contributed by atoms with Crippen molar-refractivity contribution in [3.8, 4) is 5.75 Å². The van der Waals surface area contributed by atoms with Crippen LogP contribution in [0.1, 0.15) is 23.9 Å². The first-order valence-corrected chi connectivity index (χ1v) is 8.44. The van der Waals surface area contributed by atoms with E-state index < -0.39 is 0 Å². The fourth-order valence-electron chi connectivity index (χ4n) is 2.83. The summed E-state index contributed by atoms with van der Waals surface area (Å²) in [6, 6.07) is 6.31. The summed E-state index contributed by atoms with van der Waals surface area (Å²) < 4.78 is 7.61. The first-order valence-electron chi connectivity index (χ1n) is 8.44. The van der Waals surface area contributed by atoms with Crippen LogP contribution in [0.15, 0.2) is 55.0 Å². The number of aromatic nitrogens is 2. The Morgan fingerprint density at radius 1 is 1.44 bits per heavy atom. The second kappa shape index (κ2) is 7.75. The summed E-state index contributed by atoms with van der Waals surface area (Å²) in [5.74, 6) is 1.91. The highest BCUT2D eigenvalue weighted by Crippen LogP contribution is 2.28. The molecule has 0 unspecified atom stereocenters. The van der Waals surface area contributed by atoms with Gasteiger partial charge in [-0.3, -0.25) is 0 Å². The normalized spacial score (nSPS) is 13.6. The molecule has 2 aromatic rings. The second-order valence-electron chi connectivity index (χ2n) is 5.84. The van der Waals surface area contributed by atoms with Crippen LogP contribution in [0, 0.1) is 0 Å². The molecular weight excluding hydrogens is 312 g/mol. The standard InChI is InChI=1S/C20H24N4O/c1-4-5-15(2)23-13-20-22-9-10-24(20)14-18(21-3)16-6-7-19-17(12-16)8-11-25-19/h4-7,9-10,12,14,21,23H,2,8,11,13H2,1,3H3/b5-4-,18-14-. The molecule has 25 heavy (non-hydrogen) atoms. The minimum absolute atomic E-state index is 0.613. The molecule has 2 heterocycles. The van der Waals surface area contributed by atoms with Crippen LogP contribution < -0.4 is 15.4 Å². The average molecular weight is 336 g/mol. The van der Waals surface area contributed by atoms with Gasteiger partial charge in [-0.1, -0.05) is 12.7 Å². The predicted molar refractivity (Wildman–Crippen MR) is 102 cm³/mol. The monoisotopic (exact) mass is 336 g/mol. The van der Waals surface area contributed by atoms with Crippen LogP contribution in [-0.4, -0.2) is 23.2 Å². The van der Waals surface area contributed by atoms with Gasteiger partial charge in [-0.2, -0.15) is 0 Å². The maximum atomic E-state index is 5.59. The fourth-order valence-corrected chi connectivity index (χ4v) is 2.83. The van der Waals surface area contributed by atoms with Crippen molar-refractivity contribution in [1.82, 2.24) is 20.2 Å². The van der Waals surface area contributed by atoms with Gasteiger partial charge >= 0.3 is 0 Å². The molecule has 0 radical (unpaired) electrons. The molecule has 5 heteroatoms. The van der Waals surface area contributed by atoms with Crippen LogP contribution in [0.2, 0.25) is 0 Å². The number of imidazole rings is 1. The molecule has 0 saturated carbocycles. The first kappa shape index (κ1) is 16.9. The molecule has 1 aliphatic rings. The molecule has 5 nitrogen and oxygen atoms in total.